The Kier molecular flexibility index (Phi) is 9.09. The summed E-state index contributed by atoms with van der Waals surface area (Å²) in [6.45, 7) is 2.99. The van der Waals surface area contributed by atoms with Crippen molar-refractivity contribution < 1.29 is 9.94 Å². The fraction of sp³-hybridized carbons (Fsp3) is 0.588. The second kappa shape index (κ2) is 11.0. The zero-order chi connectivity index (χ0) is 15.3. The number of unbranched alkanes of at least 4 members (excludes halogenated alkanes) is 7. The van der Waals surface area contributed by atoms with Crippen molar-refractivity contribution in [1.82, 2.24) is 0 Å². The number of benzene rings is 1. The van der Waals surface area contributed by atoms with Gasteiger partial charge < -0.3 is 15.7 Å². The van der Waals surface area contributed by atoms with Gasteiger partial charge in [-0.2, -0.15) is 0 Å². The molecule has 1 aromatic rings. The molecule has 4 heteroatoms. The SMILES string of the molecule is CCCCCCCCCCOc1ccc(/C(N)=N/O)cc1. The van der Waals surface area contributed by atoms with Crippen LogP contribution in [0.25, 0.3) is 0 Å². The van der Waals surface area contributed by atoms with E-state index in [1.165, 1.54) is 44.9 Å². The third-order valence-electron chi connectivity index (χ3n) is 3.52. The Morgan fingerprint density at radius 1 is 1.00 bits per heavy atom. The molecule has 21 heavy (non-hydrogen) atoms. The molecule has 0 unspecified atom stereocenters. The minimum Gasteiger partial charge on any atom is -0.494 e. The summed E-state index contributed by atoms with van der Waals surface area (Å²) in [4.78, 5) is 0. The summed E-state index contributed by atoms with van der Waals surface area (Å²) in [5.41, 5.74) is 6.19. The average molecular weight is 292 g/mol. The zero-order valence-electron chi connectivity index (χ0n) is 13.1. The maximum Gasteiger partial charge on any atom is 0.170 e. The third-order valence-corrected chi connectivity index (χ3v) is 3.52. The van der Waals surface area contributed by atoms with E-state index in [9.17, 15) is 0 Å². The summed E-state index contributed by atoms with van der Waals surface area (Å²) in [5.74, 6) is 0.942. The molecule has 0 bridgehead atoms. The maximum absolute atomic E-state index is 8.58. The van der Waals surface area contributed by atoms with Crippen LogP contribution in [-0.2, 0) is 0 Å². The number of rotatable bonds is 11. The van der Waals surface area contributed by atoms with E-state index in [0.717, 1.165) is 18.8 Å². The van der Waals surface area contributed by atoms with Gasteiger partial charge in [-0.15, -0.1) is 0 Å². The van der Waals surface area contributed by atoms with Gasteiger partial charge in [0, 0.05) is 5.56 Å². The predicted octanol–water partition coefficient (Wildman–Crippen LogP) is 4.30. The molecule has 1 rings (SSSR count). The first-order valence-corrected chi connectivity index (χ1v) is 7.98. The predicted molar refractivity (Wildman–Crippen MR) is 87.1 cm³/mol. The lowest BCUT2D eigenvalue weighted by atomic mass is 10.1. The second-order valence-electron chi connectivity index (χ2n) is 5.33. The molecule has 0 radical (unpaired) electrons. The van der Waals surface area contributed by atoms with E-state index in [1.807, 2.05) is 12.1 Å². The monoisotopic (exact) mass is 292 g/mol. The zero-order valence-corrected chi connectivity index (χ0v) is 13.1. The summed E-state index contributed by atoms with van der Waals surface area (Å²) < 4.78 is 5.68. The van der Waals surface area contributed by atoms with Crippen molar-refractivity contribution in [3.63, 3.8) is 0 Å². The van der Waals surface area contributed by atoms with Crippen LogP contribution in [-0.4, -0.2) is 17.6 Å². The molecule has 3 N–H and O–H groups in total. The Bertz CT molecular complexity index is 402. The van der Waals surface area contributed by atoms with Gasteiger partial charge in [0.25, 0.3) is 0 Å². The molecule has 0 aliphatic heterocycles. The quantitative estimate of drug-likeness (QED) is 0.210. The first-order chi connectivity index (χ1) is 10.3. The van der Waals surface area contributed by atoms with Crippen LogP contribution in [0.1, 0.15) is 63.9 Å². The van der Waals surface area contributed by atoms with Crippen molar-refractivity contribution in [1.29, 1.82) is 0 Å². The van der Waals surface area contributed by atoms with Gasteiger partial charge in [0.15, 0.2) is 5.84 Å². The molecule has 0 fully saturated rings. The van der Waals surface area contributed by atoms with Crippen LogP contribution in [0.3, 0.4) is 0 Å². The van der Waals surface area contributed by atoms with E-state index < -0.39 is 0 Å². The molecule has 0 aliphatic rings. The highest BCUT2D eigenvalue weighted by Crippen LogP contribution is 2.13. The topological polar surface area (TPSA) is 67.8 Å². The van der Waals surface area contributed by atoms with Crippen LogP contribution in [0.15, 0.2) is 29.4 Å². The van der Waals surface area contributed by atoms with Gasteiger partial charge in [0.05, 0.1) is 6.61 Å². The molecule has 0 heterocycles. The molecule has 0 atom stereocenters. The number of amidine groups is 1. The van der Waals surface area contributed by atoms with Gasteiger partial charge in [-0.05, 0) is 30.7 Å². The fourth-order valence-electron chi connectivity index (χ4n) is 2.21. The molecule has 0 aromatic heterocycles. The number of nitrogens with zero attached hydrogens (tertiary/aromatic N) is 1. The van der Waals surface area contributed by atoms with E-state index in [-0.39, 0.29) is 5.84 Å². The van der Waals surface area contributed by atoms with E-state index >= 15 is 0 Å². The van der Waals surface area contributed by atoms with Crippen LogP contribution in [0.2, 0.25) is 0 Å². The van der Waals surface area contributed by atoms with E-state index in [0.29, 0.717) is 5.56 Å². The Morgan fingerprint density at radius 3 is 2.14 bits per heavy atom. The summed E-state index contributed by atoms with van der Waals surface area (Å²) in [5, 5.41) is 11.5. The summed E-state index contributed by atoms with van der Waals surface area (Å²) in [7, 11) is 0. The van der Waals surface area contributed by atoms with Gasteiger partial charge in [0.1, 0.15) is 5.75 Å². The molecular formula is C17H28N2O2. The minimum atomic E-state index is 0.115. The second-order valence-corrected chi connectivity index (χ2v) is 5.33. The highest BCUT2D eigenvalue weighted by atomic mass is 16.5. The van der Waals surface area contributed by atoms with Crippen LogP contribution < -0.4 is 10.5 Å². The molecule has 0 saturated carbocycles. The summed E-state index contributed by atoms with van der Waals surface area (Å²) in [6, 6.07) is 7.27. The molecule has 4 nitrogen and oxygen atoms in total. The lowest BCUT2D eigenvalue weighted by Crippen LogP contribution is -2.12. The van der Waals surface area contributed by atoms with Crippen LogP contribution >= 0.6 is 0 Å². The number of hydrogen-bond donors (Lipinski definition) is 2. The molecule has 0 amide bonds. The molecule has 0 saturated heterocycles. The standard InChI is InChI=1S/C17H28N2O2/c1-2-3-4-5-6-7-8-9-14-21-16-12-10-15(11-13-16)17(18)19-20/h10-13,20H,2-9,14H2,1H3,(H2,18,19). The Morgan fingerprint density at radius 2 is 1.57 bits per heavy atom. The molecule has 0 aliphatic carbocycles. The Balaban J connectivity index is 2.08. The van der Waals surface area contributed by atoms with Crippen LogP contribution in [0.4, 0.5) is 0 Å². The Labute approximate surface area is 128 Å². The van der Waals surface area contributed by atoms with Crippen molar-refractivity contribution in [2.24, 2.45) is 10.9 Å². The van der Waals surface area contributed by atoms with E-state index in [4.69, 9.17) is 15.7 Å². The van der Waals surface area contributed by atoms with Crippen molar-refractivity contribution in [3.8, 4) is 5.75 Å². The van der Waals surface area contributed by atoms with Gasteiger partial charge in [-0.1, -0.05) is 57.0 Å². The number of oxime groups is 1. The highest BCUT2D eigenvalue weighted by Gasteiger charge is 1.99. The van der Waals surface area contributed by atoms with Gasteiger partial charge in [-0.25, -0.2) is 0 Å². The van der Waals surface area contributed by atoms with Gasteiger partial charge >= 0.3 is 0 Å². The molecular weight excluding hydrogens is 264 g/mol. The average Bonchev–Trinajstić information content (AvgIpc) is 2.53. The van der Waals surface area contributed by atoms with Gasteiger partial charge in [0.2, 0.25) is 0 Å². The van der Waals surface area contributed by atoms with Crippen LogP contribution in [0.5, 0.6) is 5.75 Å². The number of ether oxygens (including phenoxy) is 1. The Hall–Kier alpha value is -1.71. The first-order valence-electron chi connectivity index (χ1n) is 7.98. The fourth-order valence-corrected chi connectivity index (χ4v) is 2.21. The number of nitrogens with two attached hydrogens (primary N) is 1. The highest BCUT2D eigenvalue weighted by molar-refractivity contribution is 5.97. The van der Waals surface area contributed by atoms with Crippen molar-refractivity contribution in [3.05, 3.63) is 29.8 Å². The molecule has 1 aromatic carbocycles. The number of hydrogen-bond acceptors (Lipinski definition) is 3. The largest absolute Gasteiger partial charge is 0.494 e. The van der Waals surface area contributed by atoms with Crippen molar-refractivity contribution in [2.45, 2.75) is 58.3 Å². The lowest BCUT2D eigenvalue weighted by molar-refractivity contribution is 0.304. The van der Waals surface area contributed by atoms with E-state index in [2.05, 4.69) is 12.1 Å². The summed E-state index contributed by atoms with van der Waals surface area (Å²) in [6.07, 6.45) is 10.4. The normalized spacial score (nSPS) is 11.6. The molecule has 118 valence electrons. The smallest absolute Gasteiger partial charge is 0.170 e. The van der Waals surface area contributed by atoms with Crippen LogP contribution in [0, 0.1) is 0 Å². The minimum absolute atomic E-state index is 0.115. The third kappa shape index (κ3) is 7.59. The lowest BCUT2D eigenvalue weighted by Gasteiger charge is -2.07. The first kappa shape index (κ1) is 17.3. The summed E-state index contributed by atoms with van der Waals surface area (Å²) >= 11 is 0. The van der Waals surface area contributed by atoms with Gasteiger partial charge in [-0.3, -0.25) is 0 Å². The molecule has 0 spiro atoms. The van der Waals surface area contributed by atoms with Crippen molar-refractivity contribution in [2.75, 3.05) is 6.61 Å². The van der Waals surface area contributed by atoms with Crippen molar-refractivity contribution >= 4 is 5.84 Å². The van der Waals surface area contributed by atoms with E-state index in [1.54, 1.807) is 12.1 Å². The maximum atomic E-state index is 8.58.